The highest BCUT2D eigenvalue weighted by Gasteiger charge is 2.23. The summed E-state index contributed by atoms with van der Waals surface area (Å²) < 4.78 is 47.9. The summed E-state index contributed by atoms with van der Waals surface area (Å²) >= 11 is 13.6. The Kier molecular flexibility index (Phi) is 6.20. The van der Waals surface area contributed by atoms with E-state index in [4.69, 9.17) is 33.7 Å². The smallest absolute Gasteiger partial charge is 0.266 e. The lowest BCUT2D eigenvalue weighted by atomic mass is 10.1. The predicted octanol–water partition coefficient (Wildman–Crippen LogP) is 5.83. The van der Waals surface area contributed by atoms with Gasteiger partial charge in [0.1, 0.15) is 28.0 Å². The van der Waals surface area contributed by atoms with Gasteiger partial charge in [-0.15, -0.1) is 11.3 Å². The zero-order valence-corrected chi connectivity index (χ0v) is 19.1. The molecular weight excluding hydrogens is 498 g/mol. The van der Waals surface area contributed by atoms with Crippen molar-refractivity contribution in [2.75, 3.05) is 10.5 Å². The van der Waals surface area contributed by atoms with Gasteiger partial charge in [-0.25, -0.2) is 22.8 Å². The molecule has 2 aromatic carbocycles. The van der Waals surface area contributed by atoms with E-state index in [1.807, 2.05) is 0 Å². The minimum Gasteiger partial charge on any atom is -0.455 e. The molecule has 0 bridgehead atoms. The molecular formula is C20H13Cl2FN4O3S2. The van der Waals surface area contributed by atoms with Gasteiger partial charge in [0.25, 0.3) is 10.0 Å². The Labute approximate surface area is 196 Å². The van der Waals surface area contributed by atoms with Crippen LogP contribution in [0, 0.1) is 5.82 Å². The van der Waals surface area contributed by atoms with Crippen molar-refractivity contribution in [2.24, 2.45) is 0 Å². The minimum atomic E-state index is -4.25. The molecule has 0 radical (unpaired) electrons. The molecule has 0 amide bonds. The van der Waals surface area contributed by atoms with Crippen molar-refractivity contribution < 1.29 is 17.5 Å². The first kappa shape index (κ1) is 22.3. The van der Waals surface area contributed by atoms with Gasteiger partial charge in [0, 0.05) is 28.2 Å². The number of hydrogen-bond acceptors (Lipinski definition) is 7. The molecule has 0 fully saturated rings. The molecule has 0 unspecified atom stereocenters. The Hall–Kier alpha value is -2.92. The van der Waals surface area contributed by atoms with Crippen LogP contribution >= 0.6 is 34.5 Å². The fraction of sp³-hybridized carbons (Fsp3) is 0. The van der Waals surface area contributed by atoms with Gasteiger partial charge >= 0.3 is 0 Å². The molecule has 0 aliphatic rings. The topological polar surface area (TPSA) is 107 Å². The number of nitrogens with two attached hydrogens (primary N) is 1. The number of pyridine rings is 1. The number of halogens is 3. The van der Waals surface area contributed by atoms with Gasteiger partial charge in [0.2, 0.25) is 0 Å². The van der Waals surface area contributed by atoms with E-state index < -0.39 is 20.7 Å². The highest BCUT2D eigenvalue weighted by molar-refractivity contribution is 7.92. The number of anilines is 2. The lowest BCUT2D eigenvalue weighted by Gasteiger charge is -2.15. The van der Waals surface area contributed by atoms with Gasteiger partial charge in [-0.05, 0) is 42.0 Å². The second kappa shape index (κ2) is 8.91. The fourth-order valence-corrected chi connectivity index (χ4v) is 4.88. The van der Waals surface area contributed by atoms with Crippen molar-refractivity contribution in [3.05, 3.63) is 75.4 Å². The van der Waals surface area contributed by atoms with Crippen LogP contribution in [-0.2, 0) is 10.0 Å². The van der Waals surface area contributed by atoms with Gasteiger partial charge in [-0.3, -0.25) is 4.72 Å². The molecule has 0 saturated heterocycles. The molecule has 7 nitrogen and oxygen atoms in total. The van der Waals surface area contributed by atoms with Gasteiger partial charge in [0.05, 0.1) is 10.5 Å². The Bertz CT molecular complexity index is 1400. The molecule has 0 aliphatic carbocycles. The molecule has 164 valence electrons. The summed E-state index contributed by atoms with van der Waals surface area (Å²) in [6, 6.07) is 10.0. The number of benzene rings is 2. The summed E-state index contributed by atoms with van der Waals surface area (Å²) in [5.41, 5.74) is 8.43. The summed E-state index contributed by atoms with van der Waals surface area (Å²) in [4.78, 5) is 7.14. The van der Waals surface area contributed by atoms with Crippen LogP contribution in [0.4, 0.5) is 16.0 Å². The SMILES string of the molecule is Nc1cc(-c2cc(Cl)ccc2Oc2cc(F)c(S(=O)(=O)Nc3cscn3)cc2Cl)ccn1. The van der Waals surface area contributed by atoms with Crippen LogP contribution in [-0.4, -0.2) is 18.4 Å². The van der Waals surface area contributed by atoms with Crippen LogP contribution in [0.5, 0.6) is 11.5 Å². The van der Waals surface area contributed by atoms with Crippen LogP contribution in [0.2, 0.25) is 10.0 Å². The summed E-state index contributed by atoms with van der Waals surface area (Å²) in [7, 11) is -4.25. The second-order valence-electron chi connectivity index (χ2n) is 6.40. The summed E-state index contributed by atoms with van der Waals surface area (Å²) in [6.45, 7) is 0. The molecule has 0 saturated carbocycles. The van der Waals surface area contributed by atoms with E-state index in [1.54, 1.807) is 30.3 Å². The number of nitrogens with one attached hydrogen (secondary N) is 1. The molecule has 0 spiro atoms. The number of ether oxygens (including phenoxy) is 1. The Morgan fingerprint density at radius 1 is 1.06 bits per heavy atom. The Morgan fingerprint density at radius 2 is 1.88 bits per heavy atom. The summed E-state index contributed by atoms with van der Waals surface area (Å²) in [5.74, 6) is -0.455. The largest absolute Gasteiger partial charge is 0.455 e. The maximum Gasteiger partial charge on any atom is 0.266 e. The van der Waals surface area contributed by atoms with E-state index in [-0.39, 0.29) is 16.6 Å². The van der Waals surface area contributed by atoms with Crippen molar-refractivity contribution in [3.63, 3.8) is 0 Å². The van der Waals surface area contributed by atoms with E-state index in [0.29, 0.717) is 27.7 Å². The highest BCUT2D eigenvalue weighted by Crippen LogP contribution is 2.39. The van der Waals surface area contributed by atoms with Crippen LogP contribution in [0.15, 0.2) is 64.4 Å². The van der Waals surface area contributed by atoms with E-state index in [0.717, 1.165) is 12.1 Å². The average molecular weight is 511 g/mol. The lowest BCUT2D eigenvalue weighted by molar-refractivity contribution is 0.475. The molecule has 4 rings (SSSR count). The van der Waals surface area contributed by atoms with Gasteiger partial charge in [0.15, 0.2) is 5.82 Å². The molecule has 12 heteroatoms. The number of rotatable bonds is 6. The molecule has 2 aromatic heterocycles. The maximum atomic E-state index is 14.8. The monoisotopic (exact) mass is 510 g/mol. The lowest BCUT2D eigenvalue weighted by Crippen LogP contribution is -2.15. The molecule has 0 aliphatic heterocycles. The van der Waals surface area contributed by atoms with E-state index in [9.17, 15) is 12.8 Å². The minimum absolute atomic E-state index is 0.0771. The quantitative estimate of drug-likeness (QED) is 0.338. The molecule has 2 heterocycles. The number of sulfonamides is 1. The first-order chi connectivity index (χ1) is 15.2. The zero-order chi connectivity index (χ0) is 22.9. The van der Waals surface area contributed by atoms with Crippen LogP contribution in [0.1, 0.15) is 0 Å². The predicted molar refractivity (Wildman–Crippen MR) is 124 cm³/mol. The Morgan fingerprint density at radius 3 is 2.59 bits per heavy atom. The van der Waals surface area contributed by atoms with E-state index >= 15 is 0 Å². The van der Waals surface area contributed by atoms with Crippen molar-refractivity contribution in [1.29, 1.82) is 0 Å². The molecule has 0 atom stereocenters. The van der Waals surface area contributed by atoms with Crippen LogP contribution in [0.3, 0.4) is 0 Å². The number of nitrogens with zero attached hydrogens (tertiary/aromatic N) is 2. The zero-order valence-electron chi connectivity index (χ0n) is 15.9. The fourth-order valence-electron chi connectivity index (χ4n) is 2.80. The third kappa shape index (κ3) is 4.78. The number of aromatic nitrogens is 2. The summed E-state index contributed by atoms with van der Waals surface area (Å²) in [5, 5.41) is 1.80. The van der Waals surface area contributed by atoms with Crippen molar-refractivity contribution >= 4 is 56.2 Å². The molecule has 3 N–H and O–H groups in total. The number of hydrogen-bond donors (Lipinski definition) is 2. The summed E-state index contributed by atoms with van der Waals surface area (Å²) in [6.07, 6.45) is 1.52. The van der Waals surface area contributed by atoms with E-state index in [1.165, 1.54) is 28.4 Å². The van der Waals surface area contributed by atoms with Gasteiger partial charge < -0.3 is 10.5 Å². The van der Waals surface area contributed by atoms with Crippen molar-refractivity contribution in [2.45, 2.75) is 4.90 Å². The molecule has 32 heavy (non-hydrogen) atoms. The van der Waals surface area contributed by atoms with Gasteiger partial charge in [-0.2, -0.15) is 0 Å². The van der Waals surface area contributed by atoms with Crippen LogP contribution in [0.25, 0.3) is 11.1 Å². The van der Waals surface area contributed by atoms with Gasteiger partial charge in [-0.1, -0.05) is 23.2 Å². The first-order valence-electron chi connectivity index (χ1n) is 8.82. The third-order valence-electron chi connectivity index (χ3n) is 4.20. The molecule has 4 aromatic rings. The highest BCUT2D eigenvalue weighted by atomic mass is 35.5. The second-order valence-corrected chi connectivity index (χ2v) is 9.62. The normalized spacial score (nSPS) is 11.3. The third-order valence-corrected chi connectivity index (χ3v) is 6.69. The first-order valence-corrected chi connectivity index (χ1v) is 12.0. The van der Waals surface area contributed by atoms with Crippen molar-refractivity contribution in [3.8, 4) is 22.6 Å². The Balaban J connectivity index is 1.70. The average Bonchev–Trinajstić information content (AvgIpc) is 3.24. The van der Waals surface area contributed by atoms with Crippen molar-refractivity contribution in [1.82, 2.24) is 9.97 Å². The number of thiazole rings is 1. The van der Waals surface area contributed by atoms with Crippen LogP contribution < -0.4 is 15.2 Å². The number of nitrogen functional groups attached to an aromatic ring is 1. The standard InChI is InChI=1S/C20H13Cl2FN4O3S2/c21-12-1-2-16(13(6-12)11-3-4-25-19(24)5-11)30-17-8-15(23)18(7-14(17)22)32(28,29)27-20-9-31-10-26-20/h1-10,27H,(H2,24,25). The van der Waals surface area contributed by atoms with E-state index in [2.05, 4.69) is 14.7 Å². The maximum absolute atomic E-state index is 14.8.